The summed E-state index contributed by atoms with van der Waals surface area (Å²) in [5.74, 6) is -0.295. The predicted molar refractivity (Wildman–Crippen MR) is 71.5 cm³/mol. The standard InChI is InChI=1S/C13H16BrNO2/c1-17-13(16)10-5-6-12(11(14)9-10)15-7-3-2-4-8-15/h5-6,9H,2-4,7-8H2,1H3. The van der Waals surface area contributed by atoms with Crippen LogP contribution < -0.4 is 4.90 Å². The van der Waals surface area contributed by atoms with E-state index in [0.717, 1.165) is 23.2 Å². The summed E-state index contributed by atoms with van der Waals surface area (Å²) in [4.78, 5) is 13.8. The number of esters is 1. The molecule has 0 saturated carbocycles. The van der Waals surface area contributed by atoms with E-state index in [1.807, 2.05) is 18.2 Å². The molecule has 4 heteroatoms. The van der Waals surface area contributed by atoms with Crippen molar-refractivity contribution in [1.29, 1.82) is 0 Å². The van der Waals surface area contributed by atoms with Gasteiger partial charge in [-0.05, 0) is 53.4 Å². The van der Waals surface area contributed by atoms with Crippen LogP contribution in [0.5, 0.6) is 0 Å². The molecule has 1 saturated heterocycles. The van der Waals surface area contributed by atoms with Gasteiger partial charge in [0.25, 0.3) is 0 Å². The molecule has 0 aliphatic carbocycles. The molecular formula is C13H16BrNO2. The summed E-state index contributed by atoms with van der Waals surface area (Å²) in [6.07, 6.45) is 3.80. The van der Waals surface area contributed by atoms with Gasteiger partial charge in [-0.25, -0.2) is 4.79 Å². The average molecular weight is 298 g/mol. The van der Waals surface area contributed by atoms with E-state index >= 15 is 0 Å². The quantitative estimate of drug-likeness (QED) is 0.785. The number of carbonyl (C=O) groups is 1. The lowest BCUT2D eigenvalue weighted by Crippen LogP contribution is -2.29. The van der Waals surface area contributed by atoms with Crippen molar-refractivity contribution < 1.29 is 9.53 Å². The highest BCUT2D eigenvalue weighted by Gasteiger charge is 2.15. The first-order chi connectivity index (χ1) is 8.22. The highest BCUT2D eigenvalue weighted by Crippen LogP contribution is 2.29. The van der Waals surface area contributed by atoms with E-state index in [2.05, 4.69) is 20.8 Å². The summed E-state index contributed by atoms with van der Waals surface area (Å²) in [6, 6.07) is 5.64. The number of anilines is 1. The zero-order valence-corrected chi connectivity index (χ0v) is 11.5. The molecule has 1 aliphatic rings. The molecule has 0 radical (unpaired) electrons. The average Bonchev–Trinajstić information content (AvgIpc) is 2.38. The van der Waals surface area contributed by atoms with Crippen molar-refractivity contribution in [2.75, 3.05) is 25.1 Å². The Balaban J connectivity index is 2.21. The second-order valence-electron chi connectivity index (χ2n) is 4.21. The van der Waals surface area contributed by atoms with Crippen LogP contribution in [0.4, 0.5) is 5.69 Å². The largest absolute Gasteiger partial charge is 0.465 e. The van der Waals surface area contributed by atoms with Crippen molar-refractivity contribution in [3.63, 3.8) is 0 Å². The Morgan fingerprint density at radius 1 is 1.29 bits per heavy atom. The fourth-order valence-corrected chi connectivity index (χ4v) is 2.77. The summed E-state index contributed by atoms with van der Waals surface area (Å²) in [7, 11) is 1.40. The van der Waals surface area contributed by atoms with Crippen LogP contribution in [-0.4, -0.2) is 26.2 Å². The first-order valence-electron chi connectivity index (χ1n) is 5.85. The summed E-state index contributed by atoms with van der Waals surface area (Å²) in [5.41, 5.74) is 1.75. The zero-order chi connectivity index (χ0) is 12.3. The van der Waals surface area contributed by atoms with Gasteiger partial charge in [-0.1, -0.05) is 0 Å². The molecule has 1 aromatic carbocycles. The van der Waals surface area contributed by atoms with Crippen LogP contribution >= 0.6 is 15.9 Å². The topological polar surface area (TPSA) is 29.5 Å². The molecule has 17 heavy (non-hydrogen) atoms. The number of halogens is 1. The van der Waals surface area contributed by atoms with Crippen LogP contribution in [-0.2, 0) is 4.74 Å². The predicted octanol–water partition coefficient (Wildman–Crippen LogP) is 3.23. The van der Waals surface area contributed by atoms with Crippen molar-refractivity contribution >= 4 is 27.6 Å². The van der Waals surface area contributed by atoms with Gasteiger partial charge in [-0.15, -0.1) is 0 Å². The molecule has 0 unspecified atom stereocenters. The van der Waals surface area contributed by atoms with E-state index in [1.54, 1.807) is 0 Å². The Kier molecular flexibility index (Phi) is 4.05. The number of methoxy groups -OCH3 is 1. The zero-order valence-electron chi connectivity index (χ0n) is 9.91. The maximum absolute atomic E-state index is 11.4. The van der Waals surface area contributed by atoms with Crippen molar-refractivity contribution in [1.82, 2.24) is 0 Å². The molecule has 1 fully saturated rings. The number of hydrogen-bond acceptors (Lipinski definition) is 3. The monoisotopic (exact) mass is 297 g/mol. The molecule has 1 heterocycles. The number of nitrogens with zero attached hydrogens (tertiary/aromatic N) is 1. The van der Waals surface area contributed by atoms with E-state index in [-0.39, 0.29) is 5.97 Å². The number of hydrogen-bond donors (Lipinski definition) is 0. The maximum atomic E-state index is 11.4. The number of piperidine rings is 1. The molecule has 3 nitrogen and oxygen atoms in total. The van der Waals surface area contributed by atoms with Gasteiger partial charge in [0.15, 0.2) is 0 Å². The second-order valence-corrected chi connectivity index (χ2v) is 5.06. The number of ether oxygens (including phenoxy) is 1. The van der Waals surface area contributed by atoms with Gasteiger partial charge in [-0.3, -0.25) is 0 Å². The number of benzene rings is 1. The molecule has 0 amide bonds. The normalized spacial score (nSPS) is 15.8. The minimum Gasteiger partial charge on any atom is -0.465 e. The molecule has 2 rings (SSSR count). The Morgan fingerprint density at radius 3 is 2.59 bits per heavy atom. The first-order valence-corrected chi connectivity index (χ1v) is 6.64. The Bertz CT molecular complexity index is 414. The SMILES string of the molecule is COC(=O)c1ccc(N2CCCCC2)c(Br)c1. The molecule has 0 atom stereocenters. The third-order valence-electron chi connectivity index (χ3n) is 3.07. The van der Waals surface area contributed by atoms with E-state index in [1.165, 1.54) is 26.4 Å². The molecular weight excluding hydrogens is 282 g/mol. The van der Waals surface area contributed by atoms with Crippen molar-refractivity contribution in [2.24, 2.45) is 0 Å². The number of rotatable bonds is 2. The summed E-state index contributed by atoms with van der Waals surface area (Å²) in [6.45, 7) is 2.19. The lowest BCUT2D eigenvalue weighted by molar-refractivity contribution is 0.0600. The van der Waals surface area contributed by atoms with Gasteiger partial charge in [0, 0.05) is 17.6 Å². The maximum Gasteiger partial charge on any atom is 0.337 e. The summed E-state index contributed by atoms with van der Waals surface area (Å²) >= 11 is 3.53. The van der Waals surface area contributed by atoms with Crippen LogP contribution in [0.3, 0.4) is 0 Å². The third-order valence-corrected chi connectivity index (χ3v) is 3.70. The minimum absolute atomic E-state index is 0.295. The van der Waals surface area contributed by atoms with Crippen molar-refractivity contribution in [3.8, 4) is 0 Å². The third kappa shape index (κ3) is 2.80. The van der Waals surface area contributed by atoms with E-state index in [0.29, 0.717) is 5.56 Å². The Labute approximate surface area is 110 Å². The van der Waals surface area contributed by atoms with Gasteiger partial charge >= 0.3 is 5.97 Å². The van der Waals surface area contributed by atoms with Crippen LogP contribution in [0.1, 0.15) is 29.6 Å². The smallest absolute Gasteiger partial charge is 0.337 e. The van der Waals surface area contributed by atoms with E-state index in [9.17, 15) is 4.79 Å². The van der Waals surface area contributed by atoms with Crippen LogP contribution in [0.2, 0.25) is 0 Å². The van der Waals surface area contributed by atoms with Crippen molar-refractivity contribution in [3.05, 3.63) is 28.2 Å². The van der Waals surface area contributed by atoms with Crippen molar-refractivity contribution in [2.45, 2.75) is 19.3 Å². The van der Waals surface area contributed by atoms with E-state index in [4.69, 9.17) is 4.74 Å². The van der Waals surface area contributed by atoms with Gasteiger partial charge in [0.2, 0.25) is 0 Å². The van der Waals surface area contributed by atoms with Gasteiger partial charge in [-0.2, -0.15) is 0 Å². The first kappa shape index (κ1) is 12.4. The van der Waals surface area contributed by atoms with Crippen LogP contribution in [0.25, 0.3) is 0 Å². The fraction of sp³-hybridized carbons (Fsp3) is 0.462. The molecule has 92 valence electrons. The Morgan fingerprint density at radius 2 is 2.00 bits per heavy atom. The van der Waals surface area contributed by atoms with Crippen LogP contribution in [0, 0.1) is 0 Å². The lowest BCUT2D eigenvalue weighted by atomic mass is 10.1. The minimum atomic E-state index is -0.295. The van der Waals surface area contributed by atoms with E-state index < -0.39 is 0 Å². The lowest BCUT2D eigenvalue weighted by Gasteiger charge is -2.29. The van der Waals surface area contributed by atoms with Gasteiger partial charge in [0.1, 0.15) is 0 Å². The number of carbonyl (C=O) groups excluding carboxylic acids is 1. The molecule has 0 N–H and O–H groups in total. The summed E-state index contributed by atoms with van der Waals surface area (Å²) in [5, 5.41) is 0. The molecule has 0 spiro atoms. The van der Waals surface area contributed by atoms with Gasteiger partial charge < -0.3 is 9.64 Å². The summed E-state index contributed by atoms with van der Waals surface area (Å²) < 4.78 is 5.66. The fourth-order valence-electron chi connectivity index (χ4n) is 2.14. The molecule has 1 aliphatic heterocycles. The Hall–Kier alpha value is -1.03. The highest BCUT2D eigenvalue weighted by atomic mass is 79.9. The highest BCUT2D eigenvalue weighted by molar-refractivity contribution is 9.10. The van der Waals surface area contributed by atoms with Crippen LogP contribution in [0.15, 0.2) is 22.7 Å². The molecule has 0 bridgehead atoms. The molecule has 0 aromatic heterocycles. The molecule has 1 aromatic rings. The second kappa shape index (κ2) is 5.54. The van der Waals surface area contributed by atoms with Gasteiger partial charge in [0.05, 0.1) is 18.4 Å².